The van der Waals surface area contributed by atoms with Crippen molar-refractivity contribution in [3.8, 4) is 0 Å². The highest BCUT2D eigenvalue weighted by atomic mass is 32.1. The third-order valence-corrected chi connectivity index (χ3v) is 4.97. The lowest BCUT2D eigenvalue weighted by molar-refractivity contribution is -0.146. The van der Waals surface area contributed by atoms with E-state index in [9.17, 15) is 4.79 Å². The number of thiophene rings is 1. The lowest BCUT2D eigenvalue weighted by Crippen LogP contribution is -2.53. The van der Waals surface area contributed by atoms with E-state index >= 15 is 0 Å². The maximum absolute atomic E-state index is 12.4. The second kappa shape index (κ2) is 6.73. The summed E-state index contributed by atoms with van der Waals surface area (Å²) < 4.78 is 11.6. The molecule has 1 amide bonds. The van der Waals surface area contributed by atoms with Gasteiger partial charge in [-0.25, -0.2) is 0 Å². The molecule has 3 rings (SSSR count). The Morgan fingerprint density at radius 3 is 3.24 bits per heavy atom. The SMILES string of the molecule is CCO[C@@H]1CC[C@@H]2[C@@H]1OCCN2C(=O)/C=C/c1cccs1. The molecular formula is C16H21NO3S. The summed E-state index contributed by atoms with van der Waals surface area (Å²) in [6.07, 6.45) is 5.69. The molecule has 21 heavy (non-hydrogen) atoms. The average Bonchev–Trinajstić information content (AvgIpc) is 3.15. The van der Waals surface area contributed by atoms with Crippen molar-refractivity contribution >= 4 is 23.3 Å². The van der Waals surface area contributed by atoms with Crippen molar-refractivity contribution in [2.45, 2.75) is 38.0 Å². The van der Waals surface area contributed by atoms with Crippen molar-refractivity contribution in [3.63, 3.8) is 0 Å². The summed E-state index contributed by atoms with van der Waals surface area (Å²) in [7, 11) is 0. The molecule has 3 atom stereocenters. The van der Waals surface area contributed by atoms with Crippen LogP contribution in [0.25, 0.3) is 6.08 Å². The van der Waals surface area contributed by atoms with Gasteiger partial charge in [0.1, 0.15) is 6.10 Å². The molecule has 1 aromatic rings. The first-order valence-electron chi connectivity index (χ1n) is 7.55. The zero-order valence-electron chi connectivity index (χ0n) is 12.2. The van der Waals surface area contributed by atoms with Gasteiger partial charge in [0.15, 0.2) is 0 Å². The summed E-state index contributed by atoms with van der Waals surface area (Å²) in [6, 6.07) is 4.16. The van der Waals surface area contributed by atoms with Crippen LogP contribution in [0, 0.1) is 0 Å². The molecule has 2 heterocycles. The van der Waals surface area contributed by atoms with Gasteiger partial charge in [0.05, 0.1) is 18.8 Å². The number of amides is 1. The van der Waals surface area contributed by atoms with Crippen molar-refractivity contribution in [2.24, 2.45) is 0 Å². The number of ether oxygens (including phenoxy) is 2. The lowest BCUT2D eigenvalue weighted by Gasteiger charge is -2.38. The molecule has 1 aliphatic carbocycles. The zero-order valence-corrected chi connectivity index (χ0v) is 13.1. The van der Waals surface area contributed by atoms with Gasteiger partial charge in [-0.1, -0.05) is 6.07 Å². The molecule has 0 radical (unpaired) electrons. The van der Waals surface area contributed by atoms with Gasteiger partial charge >= 0.3 is 0 Å². The van der Waals surface area contributed by atoms with Crippen LogP contribution in [-0.4, -0.2) is 48.8 Å². The van der Waals surface area contributed by atoms with Crippen LogP contribution in [0.2, 0.25) is 0 Å². The quantitative estimate of drug-likeness (QED) is 0.803. The Hall–Kier alpha value is -1.17. The van der Waals surface area contributed by atoms with E-state index in [4.69, 9.17) is 9.47 Å². The first-order chi connectivity index (χ1) is 10.3. The molecule has 0 unspecified atom stereocenters. The van der Waals surface area contributed by atoms with Crippen molar-refractivity contribution in [2.75, 3.05) is 19.8 Å². The predicted molar refractivity (Wildman–Crippen MR) is 83.2 cm³/mol. The highest BCUT2D eigenvalue weighted by Crippen LogP contribution is 2.32. The molecule has 1 saturated carbocycles. The van der Waals surface area contributed by atoms with E-state index in [-0.39, 0.29) is 24.2 Å². The predicted octanol–water partition coefficient (Wildman–Crippen LogP) is 2.56. The minimum absolute atomic E-state index is 0.0396. The van der Waals surface area contributed by atoms with E-state index in [2.05, 4.69) is 0 Å². The molecule has 0 bridgehead atoms. The molecule has 5 heteroatoms. The second-order valence-corrected chi connectivity index (χ2v) is 6.33. The monoisotopic (exact) mass is 307 g/mol. The normalized spacial score (nSPS) is 29.0. The zero-order chi connectivity index (χ0) is 14.7. The number of rotatable bonds is 4. The molecule has 114 valence electrons. The molecule has 2 aliphatic rings. The Morgan fingerprint density at radius 1 is 1.57 bits per heavy atom. The fourth-order valence-electron chi connectivity index (χ4n) is 3.22. The van der Waals surface area contributed by atoms with Gasteiger partial charge in [-0.15, -0.1) is 11.3 Å². The summed E-state index contributed by atoms with van der Waals surface area (Å²) in [5.74, 6) is 0.0823. The van der Waals surface area contributed by atoms with Crippen molar-refractivity contribution in [3.05, 3.63) is 28.5 Å². The Bertz CT molecular complexity index is 500. The first-order valence-corrected chi connectivity index (χ1v) is 8.43. The Labute approximate surface area is 129 Å². The third-order valence-electron chi connectivity index (χ3n) is 4.13. The standard InChI is InChI=1S/C16H21NO3S/c1-2-19-14-7-6-13-16(14)20-10-9-17(13)15(18)8-5-12-4-3-11-21-12/h3-5,8,11,13-14,16H,2,6-7,9-10H2,1H3/b8-5+/t13-,14-,16+/m1/s1. The van der Waals surface area contributed by atoms with E-state index in [1.54, 1.807) is 17.4 Å². The number of hydrogen-bond acceptors (Lipinski definition) is 4. The van der Waals surface area contributed by atoms with E-state index in [1.165, 1.54) is 0 Å². The second-order valence-electron chi connectivity index (χ2n) is 5.35. The Morgan fingerprint density at radius 2 is 2.48 bits per heavy atom. The minimum Gasteiger partial charge on any atom is -0.376 e. The number of nitrogens with zero attached hydrogens (tertiary/aromatic N) is 1. The summed E-state index contributed by atoms with van der Waals surface area (Å²) in [6.45, 7) is 3.98. The maximum atomic E-state index is 12.4. The van der Waals surface area contributed by atoms with Crippen molar-refractivity contribution in [1.29, 1.82) is 0 Å². The Kier molecular flexibility index (Phi) is 4.73. The summed E-state index contributed by atoms with van der Waals surface area (Å²) in [5, 5.41) is 2.01. The fraction of sp³-hybridized carbons (Fsp3) is 0.562. The summed E-state index contributed by atoms with van der Waals surface area (Å²) >= 11 is 1.64. The van der Waals surface area contributed by atoms with Crippen LogP contribution in [-0.2, 0) is 14.3 Å². The van der Waals surface area contributed by atoms with Crippen LogP contribution in [0.5, 0.6) is 0 Å². The van der Waals surface area contributed by atoms with Crippen LogP contribution >= 0.6 is 11.3 Å². The molecule has 0 aromatic carbocycles. The highest BCUT2D eigenvalue weighted by Gasteiger charge is 2.44. The van der Waals surface area contributed by atoms with Gasteiger partial charge < -0.3 is 14.4 Å². The Balaban J connectivity index is 1.66. The molecular weight excluding hydrogens is 286 g/mol. The van der Waals surface area contributed by atoms with Crippen LogP contribution in [0.3, 0.4) is 0 Å². The maximum Gasteiger partial charge on any atom is 0.247 e. The van der Waals surface area contributed by atoms with Crippen LogP contribution in [0.4, 0.5) is 0 Å². The number of hydrogen-bond donors (Lipinski definition) is 0. The summed E-state index contributed by atoms with van der Waals surface area (Å²) in [5.41, 5.74) is 0. The van der Waals surface area contributed by atoms with Crippen LogP contribution in [0.15, 0.2) is 23.6 Å². The van der Waals surface area contributed by atoms with Gasteiger partial charge in [0, 0.05) is 24.1 Å². The number of morpholine rings is 1. The van der Waals surface area contributed by atoms with E-state index < -0.39 is 0 Å². The molecule has 1 aliphatic heterocycles. The van der Waals surface area contributed by atoms with Crippen LogP contribution in [0.1, 0.15) is 24.6 Å². The smallest absolute Gasteiger partial charge is 0.247 e. The van der Waals surface area contributed by atoms with E-state index in [0.717, 1.165) is 17.7 Å². The number of carbonyl (C=O) groups excluding carboxylic acids is 1. The van der Waals surface area contributed by atoms with Gasteiger partial charge in [-0.05, 0) is 37.3 Å². The first kappa shape index (κ1) is 14.8. The number of carbonyl (C=O) groups is 1. The molecule has 1 saturated heterocycles. The molecule has 0 spiro atoms. The molecule has 2 fully saturated rings. The average molecular weight is 307 g/mol. The topological polar surface area (TPSA) is 38.8 Å². The fourth-order valence-corrected chi connectivity index (χ4v) is 3.84. The van der Waals surface area contributed by atoms with Gasteiger partial charge in [-0.3, -0.25) is 4.79 Å². The van der Waals surface area contributed by atoms with Crippen LogP contribution < -0.4 is 0 Å². The van der Waals surface area contributed by atoms with E-state index in [0.29, 0.717) is 19.8 Å². The van der Waals surface area contributed by atoms with Gasteiger partial charge in [0.25, 0.3) is 0 Å². The highest BCUT2D eigenvalue weighted by molar-refractivity contribution is 7.10. The van der Waals surface area contributed by atoms with Crippen molar-refractivity contribution in [1.82, 2.24) is 4.90 Å². The molecule has 0 N–H and O–H groups in total. The third kappa shape index (κ3) is 3.20. The van der Waals surface area contributed by atoms with E-state index in [1.807, 2.05) is 35.4 Å². The largest absolute Gasteiger partial charge is 0.376 e. The van der Waals surface area contributed by atoms with Crippen molar-refractivity contribution < 1.29 is 14.3 Å². The van der Waals surface area contributed by atoms with Gasteiger partial charge in [-0.2, -0.15) is 0 Å². The molecule has 1 aromatic heterocycles. The number of fused-ring (bicyclic) bond motifs is 1. The molecule has 4 nitrogen and oxygen atoms in total. The van der Waals surface area contributed by atoms with Gasteiger partial charge in [0.2, 0.25) is 5.91 Å². The lowest BCUT2D eigenvalue weighted by atomic mass is 10.1. The summed E-state index contributed by atoms with van der Waals surface area (Å²) in [4.78, 5) is 15.5. The minimum atomic E-state index is 0.0396.